The number of rotatable bonds is 3. The lowest BCUT2D eigenvalue weighted by atomic mass is 10.3. The van der Waals surface area contributed by atoms with Gasteiger partial charge >= 0.3 is 0 Å². The summed E-state index contributed by atoms with van der Waals surface area (Å²) in [6.07, 6.45) is 0. The molecule has 2 rings (SSSR count). The first kappa shape index (κ1) is 12.5. The van der Waals surface area contributed by atoms with Crippen molar-refractivity contribution < 1.29 is 0 Å². The highest BCUT2D eigenvalue weighted by molar-refractivity contribution is 9.11. The third-order valence-corrected chi connectivity index (χ3v) is 5.19. The third-order valence-electron chi connectivity index (χ3n) is 1.99. The van der Waals surface area contributed by atoms with Gasteiger partial charge in [-0.2, -0.15) is 0 Å². The first-order chi connectivity index (χ1) is 7.65. The summed E-state index contributed by atoms with van der Waals surface area (Å²) >= 11 is 10.3. The zero-order chi connectivity index (χ0) is 11.5. The Morgan fingerprint density at radius 3 is 2.69 bits per heavy atom. The van der Waals surface area contributed by atoms with Gasteiger partial charge in [-0.25, -0.2) is 0 Å². The molecule has 0 aliphatic carbocycles. The fraction of sp³-hybridized carbons (Fsp3) is 0.0909. The summed E-state index contributed by atoms with van der Waals surface area (Å²) in [5.41, 5.74) is 8.08. The summed E-state index contributed by atoms with van der Waals surface area (Å²) in [7, 11) is 0. The molecule has 0 saturated heterocycles. The SMILES string of the molecule is Nc1cc(Br)ccc1SCc1csc(Br)c1. The maximum absolute atomic E-state index is 5.93. The number of nitrogens with two attached hydrogens (primary N) is 1. The number of thiophene rings is 1. The van der Waals surface area contributed by atoms with Crippen molar-refractivity contribution in [3.8, 4) is 0 Å². The number of hydrogen-bond acceptors (Lipinski definition) is 3. The Balaban J connectivity index is 2.04. The van der Waals surface area contributed by atoms with Crippen LogP contribution in [0.2, 0.25) is 0 Å². The largest absolute Gasteiger partial charge is 0.398 e. The highest BCUT2D eigenvalue weighted by Crippen LogP contribution is 2.32. The van der Waals surface area contributed by atoms with Crippen molar-refractivity contribution in [3.63, 3.8) is 0 Å². The third kappa shape index (κ3) is 3.26. The van der Waals surface area contributed by atoms with Gasteiger partial charge in [0.1, 0.15) is 0 Å². The van der Waals surface area contributed by atoms with E-state index in [2.05, 4.69) is 43.3 Å². The molecule has 0 spiro atoms. The van der Waals surface area contributed by atoms with Crippen LogP contribution in [0.1, 0.15) is 5.56 Å². The molecule has 0 aliphatic heterocycles. The monoisotopic (exact) mass is 377 g/mol. The van der Waals surface area contributed by atoms with Crippen molar-refractivity contribution in [3.05, 3.63) is 43.5 Å². The summed E-state index contributed by atoms with van der Waals surface area (Å²) in [6.45, 7) is 0. The number of thioether (sulfide) groups is 1. The Kier molecular flexibility index (Phi) is 4.35. The molecule has 1 aromatic heterocycles. The molecule has 0 aliphatic rings. The lowest BCUT2D eigenvalue weighted by molar-refractivity contribution is 1.40. The van der Waals surface area contributed by atoms with E-state index in [-0.39, 0.29) is 0 Å². The lowest BCUT2D eigenvalue weighted by Gasteiger charge is -2.04. The molecule has 0 atom stereocenters. The van der Waals surface area contributed by atoms with Crippen molar-refractivity contribution in [1.82, 2.24) is 0 Å². The van der Waals surface area contributed by atoms with Crippen molar-refractivity contribution in [1.29, 1.82) is 0 Å². The molecule has 1 nitrogen and oxygen atoms in total. The van der Waals surface area contributed by atoms with Gasteiger partial charge in [0.25, 0.3) is 0 Å². The molecule has 1 heterocycles. The first-order valence-electron chi connectivity index (χ1n) is 4.56. The number of anilines is 1. The zero-order valence-electron chi connectivity index (χ0n) is 8.24. The quantitative estimate of drug-likeness (QED) is 0.590. The van der Waals surface area contributed by atoms with Gasteiger partial charge in [-0.15, -0.1) is 23.1 Å². The van der Waals surface area contributed by atoms with E-state index < -0.39 is 0 Å². The summed E-state index contributed by atoms with van der Waals surface area (Å²) in [5, 5.41) is 2.16. The molecular weight excluding hydrogens is 370 g/mol. The van der Waals surface area contributed by atoms with Crippen molar-refractivity contribution in [2.75, 3.05) is 5.73 Å². The molecule has 0 bridgehead atoms. The highest BCUT2D eigenvalue weighted by Gasteiger charge is 2.03. The average molecular weight is 379 g/mol. The Labute approximate surface area is 120 Å². The average Bonchev–Trinajstić information content (AvgIpc) is 2.63. The van der Waals surface area contributed by atoms with Gasteiger partial charge in [0, 0.05) is 20.8 Å². The minimum atomic E-state index is 0.827. The summed E-state index contributed by atoms with van der Waals surface area (Å²) in [4.78, 5) is 1.13. The van der Waals surface area contributed by atoms with Crippen LogP contribution in [0.3, 0.4) is 0 Å². The maximum atomic E-state index is 5.93. The molecule has 0 fully saturated rings. The molecule has 0 radical (unpaired) electrons. The standard InChI is InChI=1S/C11H9Br2NS2/c12-8-1-2-10(9(14)4-8)15-5-7-3-11(13)16-6-7/h1-4,6H,5,14H2. The normalized spacial score (nSPS) is 10.6. The second-order valence-electron chi connectivity index (χ2n) is 3.23. The second kappa shape index (κ2) is 5.58. The molecule has 2 N–H and O–H groups in total. The molecule has 16 heavy (non-hydrogen) atoms. The van der Waals surface area contributed by atoms with E-state index in [0.717, 1.165) is 20.8 Å². The Bertz CT molecular complexity index is 496. The molecular formula is C11H9Br2NS2. The van der Waals surface area contributed by atoms with E-state index in [1.807, 2.05) is 18.2 Å². The second-order valence-corrected chi connectivity index (χ2v) is 7.45. The molecule has 0 amide bonds. The van der Waals surface area contributed by atoms with E-state index in [4.69, 9.17) is 5.73 Å². The van der Waals surface area contributed by atoms with Crippen LogP contribution >= 0.6 is 55.0 Å². The van der Waals surface area contributed by atoms with Crippen LogP contribution in [0.4, 0.5) is 5.69 Å². The van der Waals surface area contributed by atoms with Gasteiger partial charge in [-0.3, -0.25) is 0 Å². The lowest BCUT2D eigenvalue weighted by Crippen LogP contribution is -1.88. The zero-order valence-corrected chi connectivity index (χ0v) is 13.0. The molecule has 0 unspecified atom stereocenters. The minimum Gasteiger partial charge on any atom is -0.398 e. The van der Waals surface area contributed by atoms with Crippen molar-refractivity contribution in [2.24, 2.45) is 0 Å². The van der Waals surface area contributed by atoms with Gasteiger partial charge in [0.15, 0.2) is 0 Å². The summed E-state index contributed by atoms with van der Waals surface area (Å²) in [6, 6.07) is 8.15. The molecule has 5 heteroatoms. The molecule has 2 aromatic rings. The number of benzene rings is 1. The van der Waals surface area contributed by atoms with E-state index in [9.17, 15) is 0 Å². The Hall–Kier alpha value is 0.0300. The van der Waals surface area contributed by atoms with E-state index >= 15 is 0 Å². The van der Waals surface area contributed by atoms with E-state index in [0.29, 0.717) is 0 Å². The van der Waals surface area contributed by atoms with Crippen LogP contribution < -0.4 is 5.73 Å². The predicted molar refractivity (Wildman–Crippen MR) is 80.1 cm³/mol. The maximum Gasteiger partial charge on any atom is 0.0701 e. The van der Waals surface area contributed by atoms with E-state index in [1.54, 1.807) is 23.1 Å². The smallest absolute Gasteiger partial charge is 0.0701 e. The Morgan fingerprint density at radius 1 is 1.25 bits per heavy atom. The summed E-state index contributed by atoms with van der Waals surface area (Å²) < 4.78 is 2.19. The van der Waals surface area contributed by atoms with Gasteiger partial charge in [-0.1, -0.05) is 15.9 Å². The molecule has 84 valence electrons. The molecule has 1 aromatic carbocycles. The van der Waals surface area contributed by atoms with Crippen molar-refractivity contribution >= 4 is 60.6 Å². The van der Waals surface area contributed by atoms with Gasteiger partial charge in [0.2, 0.25) is 0 Å². The highest BCUT2D eigenvalue weighted by atomic mass is 79.9. The van der Waals surface area contributed by atoms with E-state index in [1.165, 1.54) is 9.35 Å². The first-order valence-corrected chi connectivity index (χ1v) is 8.01. The minimum absolute atomic E-state index is 0.827. The fourth-order valence-corrected chi connectivity index (χ4v) is 3.81. The Morgan fingerprint density at radius 2 is 2.06 bits per heavy atom. The number of hydrogen-bond donors (Lipinski definition) is 1. The summed E-state index contributed by atoms with van der Waals surface area (Å²) in [5.74, 6) is 0.952. The van der Waals surface area contributed by atoms with Gasteiger partial charge in [0.05, 0.1) is 3.79 Å². The topological polar surface area (TPSA) is 26.0 Å². The fourth-order valence-electron chi connectivity index (χ4n) is 1.23. The van der Waals surface area contributed by atoms with Crippen LogP contribution in [-0.4, -0.2) is 0 Å². The number of nitrogen functional groups attached to an aromatic ring is 1. The van der Waals surface area contributed by atoms with Crippen LogP contribution in [0.5, 0.6) is 0 Å². The van der Waals surface area contributed by atoms with Gasteiger partial charge < -0.3 is 5.73 Å². The van der Waals surface area contributed by atoms with Crippen LogP contribution in [-0.2, 0) is 5.75 Å². The van der Waals surface area contributed by atoms with Crippen LogP contribution in [0.25, 0.3) is 0 Å². The predicted octanol–water partition coefficient (Wildman–Crippen LogP) is 5.15. The number of halogens is 2. The van der Waals surface area contributed by atoms with Crippen LogP contribution in [0, 0.1) is 0 Å². The molecule has 0 saturated carbocycles. The van der Waals surface area contributed by atoms with Crippen molar-refractivity contribution in [2.45, 2.75) is 10.6 Å². The van der Waals surface area contributed by atoms with Gasteiger partial charge in [-0.05, 0) is 51.1 Å². The van der Waals surface area contributed by atoms with Crippen LogP contribution in [0.15, 0.2) is 42.8 Å².